The summed E-state index contributed by atoms with van der Waals surface area (Å²) in [5.74, 6) is -1.07. The molecule has 0 aliphatic heterocycles. The number of aromatic nitrogens is 1. The molecule has 0 bridgehead atoms. The summed E-state index contributed by atoms with van der Waals surface area (Å²) in [4.78, 5) is 15.2. The number of nitrogens with one attached hydrogen (secondary N) is 1. The first-order valence-corrected chi connectivity index (χ1v) is 5.49. The molecule has 94 valence electrons. The smallest absolute Gasteiger partial charge is 0.270 e. The molecule has 0 fully saturated rings. The maximum Gasteiger partial charge on any atom is 0.270 e. The Balaban J connectivity index is 2.56. The quantitative estimate of drug-likeness (QED) is 0.798. The standard InChI is InChI=1S/C12H17FN2O2/c1-4-17-12(2,3)8-14-11(16)9-6-5-7-10(13)15-9/h5-7H,4,8H2,1-3H3,(H,14,16). The van der Waals surface area contributed by atoms with Crippen LogP contribution in [0.3, 0.4) is 0 Å². The third-order valence-corrected chi connectivity index (χ3v) is 2.16. The monoisotopic (exact) mass is 240 g/mol. The van der Waals surface area contributed by atoms with Gasteiger partial charge in [0.1, 0.15) is 5.69 Å². The maximum atomic E-state index is 12.8. The number of rotatable bonds is 5. The molecule has 1 aromatic heterocycles. The minimum absolute atomic E-state index is 0.0669. The van der Waals surface area contributed by atoms with Crippen LogP contribution in [0, 0.1) is 5.95 Å². The fourth-order valence-corrected chi connectivity index (χ4v) is 1.36. The molecule has 1 amide bonds. The van der Waals surface area contributed by atoms with Crippen LogP contribution < -0.4 is 5.32 Å². The molecule has 0 aliphatic rings. The second-order valence-electron chi connectivity index (χ2n) is 4.22. The van der Waals surface area contributed by atoms with E-state index in [1.807, 2.05) is 20.8 Å². The van der Waals surface area contributed by atoms with Crippen LogP contribution in [0.4, 0.5) is 4.39 Å². The second-order valence-corrected chi connectivity index (χ2v) is 4.22. The van der Waals surface area contributed by atoms with Crippen molar-refractivity contribution in [3.63, 3.8) is 0 Å². The van der Waals surface area contributed by atoms with Gasteiger partial charge in [-0.25, -0.2) is 4.98 Å². The molecule has 4 nitrogen and oxygen atoms in total. The summed E-state index contributed by atoms with van der Waals surface area (Å²) in [6, 6.07) is 4.11. The van der Waals surface area contributed by atoms with Crippen LogP contribution in [0.15, 0.2) is 18.2 Å². The Morgan fingerprint density at radius 2 is 2.24 bits per heavy atom. The lowest BCUT2D eigenvalue weighted by Gasteiger charge is -2.24. The first-order chi connectivity index (χ1) is 7.94. The van der Waals surface area contributed by atoms with Crippen molar-refractivity contribution in [2.24, 2.45) is 0 Å². The third kappa shape index (κ3) is 4.48. The van der Waals surface area contributed by atoms with E-state index in [0.717, 1.165) is 0 Å². The number of hydrogen-bond donors (Lipinski definition) is 1. The minimum Gasteiger partial charge on any atom is -0.374 e. The van der Waals surface area contributed by atoms with Gasteiger partial charge in [-0.3, -0.25) is 4.79 Å². The minimum atomic E-state index is -0.665. The number of carbonyl (C=O) groups excluding carboxylic acids is 1. The molecule has 1 heterocycles. The predicted molar refractivity (Wildman–Crippen MR) is 62.2 cm³/mol. The van der Waals surface area contributed by atoms with E-state index in [2.05, 4.69) is 10.3 Å². The Kier molecular flexibility index (Phi) is 4.57. The van der Waals surface area contributed by atoms with Crippen molar-refractivity contribution in [3.8, 4) is 0 Å². The van der Waals surface area contributed by atoms with E-state index in [9.17, 15) is 9.18 Å². The molecule has 17 heavy (non-hydrogen) atoms. The van der Waals surface area contributed by atoms with Crippen molar-refractivity contribution in [2.45, 2.75) is 26.4 Å². The van der Waals surface area contributed by atoms with Gasteiger partial charge in [-0.2, -0.15) is 4.39 Å². The third-order valence-electron chi connectivity index (χ3n) is 2.16. The van der Waals surface area contributed by atoms with Gasteiger partial charge >= 0.3 is 0 Å². The predicted octanol–water partition coefficient (Wildman–Crippen LogP) is 1.77. The van der Waals surface area contributed by atoms with Gasteiger partial charge in [0.15, 0.2) is 0 Å². The molecular weight excluding hydrogens is 223 g/mol. The summed E-state index contributed by atoms with van der Waals surface area (Å²) in [7, 11) is 0. The number of ether oxygens (including phenoxy) is 1. The van der Waals surface area contributed by atoms with E-state index in [1.54, 1.807) is 0 Å². The highest BCUT2D eigenvalue weighted by molar-refractivity contribution is 5.92. The normalized spacial score (nSPS) is 11.3. The van der Waals surface area contributed by atoms with Crippen LogP contribution in [-0.4, -0.2) is 29.6 Å². The van der Waals surface area contributed by atoms with Gasteiger partial charge in [-0.1, -0.05) is 6.07 Å². The molecule has 0 aliphatic carbocycles. The van der Waals surface area contributed by atoms with E-state index in [0.29, 0.717) is 13.2 Å². The van der Waals surface area contributed by atoms with Gasteiger partial charge in [-0.05, 0) is 32.9 Å². The largest absolute Gasteiger partial charge is 0.374 e. The van der Waals surface area contributed by atoms with Gasteiger partial charge < -0.3 is 10.1 Å². The highest BCUT2D eigenvalue weighted by atomic mass is 19.1. The van der Waals surface area contributed by atoms with Crippen molar-refractivity contribution in [2.75, 3.05) is 13.2 Å². The summed E-state index contributed by atoms with van der Waals surface area (Å²) >= 11 is 0. The highest BCUT2D eigenvalue weighted by Crippen LogP contribution is 2.07. The lowest BCUT2D eigenvalue weighted by Crippen LogP contribution is -2.40. The van der Waals surface area contributed by atoms with Crippen LogP contribution in [0.1, 0.15) is 31.3 Å². The summed E-state index contributed by atoms with van der Waals surface area (Å²) in [6.45, 7) is 6.54. The topological polar surface area (TPSA) is 51.2 Å². The fourth-order valence-electron chi connectivity index (χ4n) is 1.36. The van der Waals surface area contributed by atoms with Crippen LogP contribution in [0.5, 0.6) is 0 Å². The lowest BCUT2D eigenvalue weighted by molar-refractivity contribution is -0.00818. The van der Waals surface area contributed by atoms with Gasteiger partial charge in [0.25, 0.3) is 5.91 Å². The van der Waals surface area contributed by atoms with Crippen LogP contribution >= 0.6 is 0 Å². The molecular formula is C12H17FN2O2. The number of pyridine rings is 1. The average molecular weight is 240 g/mol. The fraction of sp³-hybridized carbons (Fsp3) is 0.500. The van der Waals surface area contributed by atoms with Gasteiger partial charge in [0.05, 0.1) is 5.60 Å². The molecule has 0 spiro atoms. The number of hydrogen-bond acceptors (Lipinski definition) is 3. The highest BCUT2D eigenvalue weighted by Gasteiger charge is 2.19. The molecule has 0 saturated heterocycles. The van der Waals surface area contributed by atoms with Gasteiger partial charge in [0, 0.05) is 13.2 Å². The van der Waals surface area contributed by atoms with Crippen LogP contribution in [-0.2, 0) is 4.74 Å². The van der Waals surface area contributed by atoms with Gasteiger partial charge in [-0.15, -0.1) is 0 Å². The molecule has 1 aromatic rings. The molecule has 0 saturated carbocycles. The van der Waals surface area contributed by atoms with Gasteiger partial charge in [0.2, 0.25) is 5.95 Å². The Hall–Kier alpha value is -1.49. The summed E-state index contributed by atoms with van der Waals surface area (Å²) < 4.78 is 18.2. The number of nitrogens with zero attached hydrogens (tertiary/aromatic N) is 1. The van der Waals surface area contributed by atoms with Crippen molar-refractivity contribution >= 4 is 5.91 Å². The Bertz CT molecular complexity index is 394. The molecule has 5 heteroatoms. The average Bonchev–Trinajstić information content (AvgIpc) is 2.26. The Morgan fingerprint density at radius 1 is 1.53 bits per heavy atom. The first kappa shape index (κ1) is 13.6. The zero-order chi connectivity index (χ0) is 12.9. The summed E-state index contributed by atoms with van der Waals surface area (Å²) in [6.07, 6.45) is 0. The Morgan fingerprint density at radius 3 is 2.82 bits per heavy atom. The van der Waals surface area contributed by atoms with E-state index in [4.69, 9.17) is 4.74 Å². The molecule has 1 rings (SSSR count). The van der Waals surface area contributed by atoms with Crippen molar-refractivity contribution in [3.05, 3.63) is 29.8 Å². The number of halogens is 1. The summed E-state index contributed by atoms with van der Waals surface area (Å²) in [5.41, 5.74) is -0.380. The molecule has 1 N–H and O–H groups in total. The second kappa shape index (κ2) is 5.72. The molecule has 0 atom stereocenters. The van der Waals surface area contributed by atoms with E-state index in [1.165, 1.54) is 18.2 Å². The molecule has 0 unspecified atom stereocenters. The van der Waals surface area contributed by atoms with E-state index in [-0.39, 0.29) is 5.69 Å². The SMILES string of the molecule is CCOC(C)(C)CNC(=O)c1cccc(F)n1. The zero-order valence-corrected chi connectivity index (χ0v) is 10.3. The van der Waals surface area contributed by atoms with Crippen LogP contribution in [0.2, 0.25) is 0 Å². The van der Waals surface area contributed by atoms with E-state index < -0.39 is 17.5 Å². The lowest BCUT2D eigenvalue weighted by atomic mass is 10.1. The number of carbonyl (C=O) groups is 1. The van der Waals surface area contributed by atoms with Crippen molar-refractivity contribution < 1.29 is 13.9 Å². The summed E-state index contributed by atoms with van der Waals surface area (Å²) in [5, 5.41) is 2.66. The zero-order valence-electron chi connectivity index (χ0n) is 10.3. The van der Waals surface area contributed by atoms with Crippen molar-refractivity contribution in [1.29, 1.82) is 0 Å². The molecule has 0 radical (unpaired) electrons. The van der Waals surface area contributed by atoms with E-state index >= 15 is 0 Å². The number of amides is 1. The van der Waals surface area contributed by atoms with Crippen LogP contribution in [0.25, 0.3) is 0 Å². The maximum absolute atomic E-state index is 12.8. The first-order valence-electron chi connectivity index (χ1n) is 5.49. The Labute approximate surface area is 100 Å². The van der Waals surface area contributed by atoms with Crippen molar-refractivity contribution in [1.82, 2.24) is 10.3 Å². The molecule has 0 aromatic carbocycles.